The van der Waals surface area contributed by atoms with Gasteiger partial charge in [-0.2, -0.15) is 0 Å². The van der Waals surface area contributed by atoms with Crippen LogP contribution in [0.4, 0.5) is 10.5 Å². The quantitative estimate of drug-likeness (QED) is 0.830. The highest BCUT2D eigenvalue weighted by Crippen LogP contribution is 2.09. The summed E-state index contributed by atoms with van der Waals surface area (Å²) < 4.78 is 0. The molecule has 0 heterocycles. The van der Waals surface area contributed by atoms with Crippen molar-refractivity contribution in [1.29, 1.82) is 0 Å². The summed E-state index contributed by atoms with van der Waals surface area (Å²) in [6.45, 7) is 4.25. The molecule has 0 radical (unpaired) electrons. The second-order valence-corrected chi connectivity index (χ2v) is 4.58. The molecular weight excluding hydrogens is 244 g/mol. The van der Waals surface area contributed by atoms with Gasteiger partial charge in [0.1, 0.15) is 0 Å². The molecule has 2 amide bonds. The molecular formula is C14H20N2O3. The molecule has 0 atom stereocenters. The van der Waals surface area contributed by atoms with Crippen LogP contribution in [0.5, 0.6) is 0 Å². The lowest BCUT2D eigenvalue weighted by Gasteiger charge is -2.26. The fourth-order valence-corrected chi connectivity index (χ4v) is 1.71. The summed E-state index contributed by atoms with van der Waals surface area (Å²) in [5.41, 5.74) is 0.733. The number of hydrogen-bond acceptors (Lipinski definition) is 2. The lowest BCUT2D eigenvalue weighted by Crippen LogP contribution is -2.40. The van der Waals surface area contributed by atoms with Gasteiger partial charge < -0.3 is 15.3 Å². The van der Waals surface area contributed by atoms with Crippen molar-refractivity contribution in [3.8, 4) is 0 Å². The van der Waals surface area contributed by atoms with Gasteiger partial charge >= 0.3 is 12.0 Å². The Labute approximate surface area is 113 Å². The normalized spacial score (nSPS) is 10.3. The van der Waals surface area contributed by atoms with Crippen LogP contribution in [0.3, 0.4) is 0 Å². The summed E-state index contributed by atoms with van der Waals surface area (Å²) in [6, 6.07) is 9.02. The zero-order valence-electron chi connectivity index (χ0n) is 11.3. The molecule has 1 aromatic rings. The molecule has 0 saturated carbocycles. The number of carboxylic acids is 1. The zero-order valence-corrected chi connectivity index (χ0v) is 11.3. The number of amides is 2. The third kappa shape index (κ3) is 5.42. The van der Waals surface area contributed by atoms with Crippen LogP contribution in [0.15, 0.2) is 30.3 Å². The first-order chi connectivity index (χ1) is 9.00. The number of carboxylic acid groups (broad SMARTS) is 1. The van der Waals surface area contributed by atoms with Gasteiger partial charge in [0, 0.05) is 24.7 Å². The molecule has 0 aromatic heterocycles. The highest BCUT2D eigenvalue weighted by molar-refractivity contribution is 5.89. The minimum Gasteiger partial charge on any atom is -0.481 e. The number of carbonyl (C=O) groups excluding carboxylic acids is 1. The second-order valence-electron chi connectivity index (χ2n) is 4.58. The first kappa shape index (κ1) is 15.0. The monoisotopic (exact) mass is 264 g/mol. The standard InChI is InChI=1S/C14H20N2O3/c1-11(2)16(10-6-9-13(17)18)14(19)15-12-7-4-3-5-8-12/h3-5,7-8,11H,6,9-10H2,1-2H3,(H,15,19)(H,17,18). The Kier molecular flexibility index (Phi) is 5.85. The largest absolute Gasteiger partial charge is 0.481 e. The number of benzene rings is 1. The average molecular weight is 264 g/mol. The van der Waals surface area contributed by atoms with Crippen molar-refractivity contribution in [2.45, 2.75) is 32.7 Å². The molecule has 0 aliphatic carbocycles. The number of urea groups is 1. The minimum atomic E-state index is -0.841. The topological polar surface area (TPSA) is 69.6 Å². The van der Waals surface area contributed by atoms with Gasteiger partial charge in [-0.15, -0.1) is 0 Å². The number of aliphatic carboxylic acids is 1. The number of nitrogens with one attached hydrogen (secondary N) is 1. The van der Waals surface area contributed by atoms with Gasteiger partial charge in [-0.05, 0) is 32.4 Å². The van der Waals surface area contributed by atoms with Gasteiger partial charge in [-0.25, -0.2) is 4.79 Å². The SMILES string of the molecule is CC(C)N(CCCC(=O)O)C(=O)Nc1ccccc1. The van der Waals surface area contributed by atoms with Crippen LogP contribution >= 0.6 is 0 Å². The average Bonchev–Trinajstić information content (AvgIpc) is 2.35. The van der Waals surface area contributed by atoms with E-state index in [2.05, 4.69) is 5.32 Å². The maximum atomic E-state index is 12.1. The van der Waals surface area contributed by atoms with Crippen LogP contribution < -0.4 is 5.32 Å². The molecule has 104 valence electrons. The summed E-state index contributed by atoms with van der Waals surface area (Å²) in [4.78, 5) is 24.2. The predicted octanol–water partition coefficient (Wildman–Crippen LogP) is 2.79. The fraction of sp³-hybridized carbons (Fsp3) is 0.429. The molecule has 0 aliphatic heterocycles. The molecule has 0 aliphatic rings. The third-order valence-electron chi connectivity index (χ3n) is 2.70. The molecule has 19 heavy (non-hydrogen) atoms. The molecule has 0 unspecified atom stereocenters. The van der Waals surface area contributed by atoms with Crippen molar-refractivity contribution < 1.29 is 14.7 Å². The molecule has 1 aromatic carbocycles. The van der Waals surface area contributed by atoms with Crippen LogP contribution in [0.25, 0.3) is 0 Å². The molecule has 0 saturated heterocycles. The van der Waals surface area contributed by atoms with E-state index in [4.69, 9.17) is 5.11 Å². The van der Waals surface area contributed by atoms with E-state index >= 15 is 0 Å². The van der Waals surface area contributed by atoms with Crippen LogP contribution in [-0.4, -0.2) is 34.6 Å². The van der Waals surface area contributed by atoms with Crippen molar-refractivity contribution in [3.05, 3.63) is 30.3 Å². The van der Waals surface area contributed by atoms with E-state index in [1.54, 1.807) is 4.90 Å². The highest BCUT2D eigenvalue weighted by Gasteiger charge is 2.16. The summed E-state index contributed by atoms with van der Waals surface area (Å²) in [5.74, 6) is -0.841. The number of para-hydroxylation sites is 1. The van der Waals surface area contributed by atoms with E-state index < -0.39 is 5.97 Å². The summed E-state index contributed by atoms with van der Waals surface area (Å²) in [6.07, 6.45) is 0.525. The van der Waals surface area contributed by atoms with Crippen LogP contribution in [0.1, 0.15) is 26.7 Å². The number of carbonyl (C=O) groups is 2. The van der Waals surface area contributed by atoms with Crippen LogP contribution in [-0.2, 0) is 4.79 Å². The van der Waals surface area contributed by atoms with E-state index in [1.807, 2.05) is 44.2 Å². The maximum absolute atomic E-state index is 12.1. The lowest BCUT2D eigenvalue weighted by molar-refractivity contribution is -0.137. The van der Waals surface area contributed by atoms with Gasteiger partial charge in [0.05, 0.1) is 0 Å². The molecule has 0 bridgehead atoms. The van der Waals surface area contributed by atoms with Crippen molar-refractivity contribution in [2.75, 3.05) is 11.9 Å². The van der Waals surface area contributed by atoms with Crippen LogP contribution in [0, 0.1) is 0 Å². The Morgan fingerprint density at radius 3 is 2.42 bits per heavy atom. The van der Waals surface area contributed by atoms with E-state index in [0.717, 1.165) is 5.69 Å². The van der Waals surface area contributed by atoms with Crippen molar-refractivity contribution in [1.82, 2.24) is 4.90 Å². The Morgan fingerprint density at radius 2 is 1.89 bits per heavy atom. The van der Waals surface area contributed by atoms with Crippen molar-refractivity contribution in [2.24, 2.45) is 0 Å². The molecule has 2 N–H and O–H groups in total. The molecule has 0 spiro atoms. The summed E-state index contributed by atoms with van der Waals surface area (Å²) >= 11 is 0. The molecule has 5 nitrogen and oxygen atoms in total. The summed E-state index contributed by atoms with van der Waals surface area (Å²) in [5, 5.41) is 11.4. The Hall–Kier alpha value is -2.04. The van der Waals surface area contributed by atoms with Gasteiger partial charge in [0.15, 0.2) is 0 Å². The van der Waals surface area contributed by atoms with Gasteiger partial charge in [0.2, 0.25) is 0 Å². The lowest BCUT2D eigenvalue weighted by atomic mass is 10.2. The van der Waals surface area contributed by atoms with Crippen molar-refractivity contribution in [3.63, 3.8) is 0 Å². The van der Waals surface area contributed by atoms with Crippen LogP contribution in [0.2, 0.25) is 0 Å². The smallest absolute Gasteiger partial charge is 0.322 e. The third-order valence-corrected chi connectivity index (χ3v) is 2.70. The zero-order chi connectivity index (χ0) is 14.3. The maximum Gasteiger partial charge on any atom is 0.322 e. The number of rotatable bonds is 6. The van der Waals surface area contributed by atoms with Gasteiger partial charge in [-0.3, -0.25) is 4.79 Å². The van der Waals surface area contributed by atoms with Gasteiger partial charge in [0.25, 0.3) is 0 Å². The Morgan fingerprint density at radius 1 is 1.26 bits per heavy atom. The first-order valence-electron chi connectivity index (χ1n) is 6.35. The molecule has 5 heteroatoms. The van der Waals surface area contributed by atoms with E-state index in [1.165, 1.54) is 0 Å². The summed E-state index contributed by atoms with van der Waals surface area (Å²) in [7, 11) is 0. The number of anilines is 1. The number of nitrogens with zero attached hydrogens (tertiary/aromatic N) is 1. The number of hydrogen-bond donors (Lipinski definition) is 2. The van der Waals surface area contributed by atoms with E-state index in [0.29, 0.717) is 13.0 Å². The van der Waals surface area contributed by atoms with Gasteiger partial charge in [-0.1, -0.05) is 18.2 Å². The Bertz CT molecular complexity index is 418. The Balaban J connectivity index is 2.55. The first-order valence-corrected chi connectivity index (χ1v) is 6.35. The highest BCUT2D eigenvalue weighted by atomic mass is 16.4. The van der Waals surface area contributed by atoms with E-state index in [-0.39, 0.29) is 18.5 Å². The minimum absolute atomic E-state index is 0.0255. The second kappa shape index (κ2) is 7.41. The molecule has 0 fully saturated rings. The van der Waals surface area contributed by atoms with Crippen molar-refractivity contribution >= 4 is 17.7 Å². The van der Waals surface area contributed by atoms with E-state index in [9.17, 15) is 9.59 Å². The molecule has 1 rings (SSSR count). The fourth-order valence-electron chi connectivity index (χ4n) is 1.71. The predicted molar refractivity (Wildman–Crippen MR) is 74.2 cm³/mol.